The van der Waals surface area contributed by atoms with Crippen molar-refractivity contribution in [3.8, 4) is 0 Å². The van der Waals surface area contributed by atoms with Crippen LogP contribution >= 0.6 is 0 Å². The van der Waals surface area contributed by atoms with Crippen LogP contribution in [0.4, 0.5) is 0 Å². The van der Waals surface area contributed by atoms with Crippen molar-refractivity contribution >= 4 is 11.9 Å². The highest BCUT2D eigenvalue weighted by molar-refractivity contribution is 5.79. The topological polar surface area (TPSA) is 69.6 Å². The number of carboxylic acids is 1. The van der Waals surface area contributed by atoms with Gasteiger partial charge in [-0.1, -0.05) is 27.2 Å². The number of nitrogens with zero attached hydrogens (tertiary/aromatic N) is 1. The Morgan fingerprint density at radius 1 is 1.27 bits per heavy atom. The van der Waals surface area contributed by atoms with Gasteiger partial charge in [0.1, 0.15) is 0 Å². The third-order valence-electron chi connectivity index (χ3n) is 5.42. The fourth-order valence-electron chi connectivity index (χ4n) is 3.10. The van der Waals surface area contributed by atoms with E-state index < -0.39 is 5.97 Å². The molecular formula is C17H30N2O3. The van der Waals surface area contributed by atoms with E-state index in [4.69, 9.17) is 5.11 Å². The molecule has 0 spiro atoms. The monoisotopic (exact) mass is 310 g/mol. The molecule has 2 rings (SSSR count). The summed E-state index contributed by atoms with van der Waals surface area (Å²) in [5.41, 5.74) is 0. The van der Waals surface area contributed by atoms with Crippen molar-refractivity contribution in [3.05, 3.63) is 0 Å². The molecular weight excluding hydrogens is 280 g/mol. The lowest BCUT2D eigenvalue weighted by Crippen LogP contribution is -2.56. The van der Waals surface area contributed by atoms with Gasteiger partial charge in [-0.25, -0.2) is 0 Å². The Morgan fingerprint density at radius 2 is 1.91 bits per heavy atom. The number of hydrogen-bond donors (Lipinski definition) is 2. The molecule has 2 saturated carbocycles. The number of hydrogen-bond acceptors (Lipinski definition) is 3. The van der Waals surface area contributed by atoms with E-state index in [1.807, 2.05) is 6.92 Å². The highest BCUT2D eigenvalue weighted by atomic mass is 16.4. The fraction of sp³-hybridized carbons (Fsp3) is 0.882. The Bertz CT molecular complexity index is 403. The lowest BCUT2D eigenvalue weighted by Gasteiger charge is -2.43. The Morgan fingerprint density at radius 3 is 2.41 bits per heavy atom. The van der Waals surface area contributed by atoms with Gasteiger partial charge in [-0.15, -0.1) is 0 Å². The van der Waals surface area contributed by atoms with Gasteiger partial charge in [0.05, 0.1) is 6.54 Å². The van der Waals surface area contributed by atoms with Crippen LogP contribution in [0.3, 0.4) is 0 Å². The Balaban J connectivity index is 1.75. The van der Waals surface area contributed by atoms with Crippen molar-refractivity contribution in [1.29, 1.82) is 0 Å². The van der Waals surface area contributed by atoms with Gasteiger partial charge in [-0.3, -0.25) is 14.5 Å². The molecule has 0 aromatic rings. The minimum atomic E-state index is -0.751. The van der Waals surface area contributed by atoms with Crippen molar-refractivity contribution in [1.82, 2.24) is 10.2 Å². The molecule has 0 aliphatic heterocycles. The molecule has 126 valence electrons. The van der Waals surface area contributed by atoms with E-state index in [1.54, 1.807) is 0 Å². The van der Waals surface area contributed by atoms with Gasteiger partial charge < -0.3 is 10.4 Å². The number of carbonyl (C=O) groups is 2. The van der Waals surface area contributed by atoms with Gasteiger partial charge in [0, 0.05) is 24.5 Å². The zero-order valence-electron chi connectivity index (χ0n) is 14.0. The first kappa shape index (κ1) is 17.3. The highest BCUT2D eigenvalue weighted by Gasteiger charge is 2.38. The number of carboxylic acid groups (broad SMARTS) is 1. The van der Waals surface area contributed by atoms with Gasteiger partial charge >= 0.3 is 5.97 Å². The summed E-state index contributed by atoms with van der Waals surface area (Å²) in [6.07, 6.45) is 5.25. The van der Waals surface area contributed by atoms with Crippen molar-refractivity contribution in [2.45, 2.75) is 65.0 Å². The summed E-state index contributed by atoms with van der Waals surface area (Å²) >= 11 is 0. The Hall–Kier alpha value is -1.10. The fourth-order valence-corrected chi connectivity index (χ4v) is 3.10. The molecule has 0 aromatic heterocycles. The molecule has 0 heterocycles. The summed E-state index contributed by atoms with van der Waals surface area (Å²) in [6, 6.07) is 0.542. The molecule has 0 aromatic carbocycles. The first-order valence-corrected chi connectivity index (χ1v) is 8.66. The standard InChI is InChI=1S/C17H30N2O3/c1-4-11(2)12(3)17(22)18-14-7-15(8-14)19(10-16(20)21)9-13-5-6-13/h11-15H,4-10H2,1-3H3,(H,18,22)(H,20,21). The predicted octanol–water partition coefficient (Wildman–Crippen LogP) is 2.11. The summed E-state index contributed by atoms with van der Waals surface area (Å²) < 4.78 is 0. The maximum Gasteiger partial charge on any atom is 0.317 e. The van der Waals surface area contributed by atoms with E-state index >= 15 is 0 Å². The van der Waals surface area contributed by atoms with E-state index in [1.165, 1.54) is 12.8 Å². The molecule has 2 atom stereocenters. The summed E-state index contributed by atoms with van der Waals surface area (Å²) in [4.78, 5) is 25.3. The van der Waals surface area contributed by atoms with Crippen LogP contribution in [0, 0.1) is 17.8 Å². The van der Waals surface area contributed by atoms with Crippen LogP contribution in [-0.2, 0) is 9.59 Å². The molecule has 22 heavy (non-hydrogen) atoms. The van der Waals surface area contributed by atoms with Gasteiger partial charge in [-0.2, -0.15) is 0 Å². The van der Waals surface area contributed by atoms with Crippen molar-refractivity contribution in [2.75, 3.05) is 13.1 Å². The van der Waals surface area contributed by atoms with Crippen LogP contribution < -0.4 is 5.32 Å². The Labute approximate surface area is 133 Å². The second-order valence-corrected chi connectivity index (χ2v) is 7.27. The lowest BCUT2D eigenvalue weighted by atomic mass is 9.84. The molecule has 2 aliphatic carbocycles. The van der Waals surface area contributed by atoms with Crippen molar-refractivity contribution in [2.24, 2.45) is 17.8 Å². The number of rotatable bonds is 9. The molecule has 2 fully saturated rings. The number of carbonyl (C=O) groups excluding carboxylic acids is 1. The van der Waals surface area contributed by atoms with Crippen molar-refractivity contribution < 1.29 is 14.7 Å². The van der Waals surface area contributed by atoms with E-state index in [2.05, 4.69) is 24.1 Å². The molecule has 0 bridgehead atoms. The van der Waals surface area contributed by atoms with Crippen LogP contribution in [0.1, 0.15) is 52.9 Å². The maximum absolute atomic E-state index is 12.2. The van der Waals surface area contributed by atoms with Crippen molar-refractivity contribution in [3.63, 3.8) is 0 Å². The van der Waals surface area contributed by atoms with Crippen LogP contribution in [-0.4, -0.2) is 47.1 Å². The summed E-state index contributed by atoms with van der Waals surface area (Å²) in [5, 5.41) is 12.2. The van der Waals surface area contributed by atoms with Gasteiger partial charge in [-0.05, 0) is 37.5 Å². The average molecular weight is 310 g/mol. The summed E-state index contributed by atoms with van der Waals surface area (Å²) in [5.74, 6) is 0.529. The molecule has 2 aliphatic rings. The molecule has 2 N–H and O–H groups in total. The molecule has 0 radical (unpaired) electrons. The van der Waals surface area contributed by atoms with E-state index in [0.717, 1.165) is 25.8 Å². The van der Waals surface area contributed by atoms with Crippen LogP contribution in [0.5, 0.6) is 0 Å². The minimum absolute atomic E-state index is 0.0469. The largest absolute Gasteiger partial charge is 0.480 e. The Kier molecular flexibility index (Phi) is 5.84. The summed E-state index contributed by atoms with van der Waals surface area (Å²) in [7, 11) is 0. The zero-order valence-corrected chi connectivity index (χ0v) is 14.0. The lowest BCUT2D eigenvalue weighted by molar-refractivity contribution is -0.140. The number of amides is 1. The number of nitrogens with one attached hydrogen (secondary N) is 1. The third kappa shape index (κ3) is 4.70. The quantitative estimate of drug-likeness (QED) is 0.684. The maximum atomic E-state index is 12.2. The smallest absolute Gasteiger partial charge is 0.317 e. The van der Waals surface area contributed by atoms with E-state index in [9.17, 15) is 9.59 Å². The molecule has 5 nitrogen and oxygen atoms in total. The molecule has 1 amide bonds. The van der Waals surface area contributed by atoms with E-state index in [-0.39, 0.29) is 24.4 Å². The number of aliphatic carboxylic acids is 1. The first-order chi connectivity index (χ1) is 10.4. The molecule has 5 heteroatoms. The zero-order chi connectivity index (χ0) is 16.3. The van der Waals surface area contributed by atoms with Crippen LogP contribution in [0.2, 0.25) is 0 Å². The second kappa shape index (κ2) is 7.44. The third-order valence-corrected chi connectivity index (χ3v) is 5.42. The SMILES string of the molecule is CCC(C)C(C)C(=O)NC1CC(N(CC(=O)O)CC2CC2)C1. The van der Waals surface area contributed by atoms with E-state index in [0.29, 0.717) is 17.9 Å². The normalized spacial score (nSPS) is 27.1. The van der Waals surface area contributed by atoms with Gasteiger partial charge in [0.25, 0.3) is 0 Å². The van der Waals surface area contributed by atoms with Crippen LogP contribution in [0.25, 0.3) is 0 Å². The highest BCUT2D eigenvalue weighted by Crippen LogP contribution is 2.34. The van der Waals surface area contributed by atoms with Crippen LogP contribution in [0.15, 0.2) is 0 Å². The summed E-state index contributed by atoms with van der Waals surface area (Å²) in [6.45, 7) is 7.24. The average Bonchev–Trinajstić information content (AvgIpc) is 3.23. The van der Waals surface area contributed by atoms with Gasteiger partial charge in [0.15, 0.2) is 0 Å². The molecule has 2 unspecified atom stereocenters. The first-order valence-electron chi connectivity index (χ1n) is 8.66. The van der Waals surface area contributed by atoms with Gasteiger partial charge in [0.2, 0.25) is 5.91 Å². The minimum Gasteiger partial charge on any atom is -0.480 e. The second-order valence-electron chi connectivity index (χ2n) is 7.27. The predicted molar refractivity (Wildman–Crippen MR) is 85.5 cm³/mol. The molecule has 0 saturated heterocycles.